The number of nitrogens with zero attached hydrogens (tertiary/aromatic N) is 4. The SMILES string of the molecule is COc1cc(OCCOC(C)C)ccc1N=Nc1cc(OCCOC(C)C)c(N=Nc2c(S(=O)(=O)O)cc3cc(N)ccc3c2O)cc1C. The molecule has 15 heteroatoms. The Morgan fingerprint density at radius 2 is 1.41 bits per heavy atom. The smallest absolute Gasteiger partial charge is 0.296 e. The molecule has 0 bridgehead atoms. The zero-order valence-electron chi connectivity index (χ0n) is 28.2. The first kappa shape index (κ1) is 37.0. The van der Waals surface area contributed by atoms with Gasteiger partial charge in [0, 0.05) is 23.2 Å². The third kappa shape index (κ3) is 10.1. The summed E-state index contributed by atoms with van der Waals surface area (Å²) < 4.78 is 62.9. The fourth-order valence-electron chi connectivity index (χ4n) is 4.55. The van der Waals surface area contributed by atoms with Crippen molar-refractivity contribution in [1.29, 1.82) is 0 Å². The minimum absolute atomic E-state index is 0.0182. The number of hydrogen-bond donors (Lipinski definition) is 3. The van der Waals surface area contributed by atoms with Crippen LogP contribution in [0.5, 0.6) is 23.0 Å². The van der Waals surface area contributed by atoms with Gasteiger partial charge in [0.05, 0.1) is 38.2 Å². The highest BCUT2D eigenvalue weighted by Crippen LogP contribution is 2.43. The Kier molecular flexibility index (Phi) is 12.5. The number of rotatable bonds is 16. The van der Waals surface area contributed by atoms with Crippen LogP contribution >= 0.6 is 0 Å². The Bertz CT molecular complexity index is 1950. The second-order valence-corrected chi connectivity index (χ2v) is 12.8. The predicted molar refractivity (Wildman–Crippen MR) is 186 cm³/mol. The molecule has 0 amide bonds. The summed E-state index contributed by atoms with van der Waals surface area (Å²) in [5.41, 5.74) is 7.43. The molecule has 0 radical (unpaired) electrons. The summed E-state index contributed by atoms with van der Waals surface area (Å²) in [6, 6.07) is 14.1. The molecule has 14 nitrogen and oxygen atoms in total. The molecule has 0 unspecified atom stereocenters. The number of methoxy groups -OCH3 is 1. The number of anilines is 1. The van der Waals surface area contributed by atoms with Crippen molar-refractivity contribution < 1.29 is 41.8 Å². The second-order valence-electron chi connectivity index (χ2n) is 11.4. The standard InChI is InChI=1S/C34H41N5O9S/c1-20(2)45-11-13-47-25-8-10-27(30(18-25)44-6)36-37-28-19-31(48-14-12-46-21(3)4)29(15-22(28)5)38-39-33-32(49(41,42)43)17-23-16-24(35)7-9-26(23)34(33)40/h7-10,15-21,40H,11-14,35H2,1-6H3,(H,41,42,43). The van der Waals surface area contributed by atoms with Crippen molar-refractivity contribution in [1.82, 2.24) is 0 Å². The van der Waals surface area contributed by atoms with E-state index in [1.165, 1.54) is 25.3 Å². The van der Waals surface area contributed by atoms with E-state index in [1.54, 1.807) is 43.3 Å². The summed E-state index contributed by atoms with van der Waals surface area (Å²) >= 11 is 0. The predicted octanol–water partition coefficient (Wildman–Crippen LogP) is 8.13. The first-order chi connectivity index (χ1) is 23.3. The van der Waals surface area contributed by atoms with E-state index < -0.39 is 26.5 Å². The molecule has 0 fully saturated rings. The molecule has 0 aliphatic rings. The highest BCUT2D eigenvalue weighted by Gasteiger charge is 2.22. The Balaban J connectivity index is 1.69. The number of phenolic OH excluding ortho intramolecular Hbond substituents is 1. The van der Waals surface area contributed by atoms with Gasteiger partial charge >= 0.3 is 0 Å². The van der Waals surface area contributed by atoms with Crippen LogP contribution in [0.25, 0.3) is 10.8 Å². The first-order valence-electron chi connectivity index (χ1n) is 15.4. The molecule has 262 valence electrons. The Hall–Kier alpha value is -4.83. The number of aryl methyl sites for hydroxylation is 1. The van der Waals surface area contributed by atoms with Crippen LogP contribution in [0.1, 0.15) is 33.3 Å². The quantitative estimate of drug-likeness (QED) is 0.0445. The first-order valence-corrected chi connectivity index (χ1v) is 16.9. The molecule has 49 heavy (non-hydrogen) atoms. The maximum atomic E-state index is 12.3. The number of nitrogens with two attached hydrogens (primary N) is 1. The van der Waals surface area contributed by atoms with E-state index in [0.717, 1.165) is 0 Å². The molecule has 0 saturated carbocycles. The third-order valence-corrected chi connectivity index (χ3v) is 7.77. The van der Waals surface area contributed by atoms with Crippen molar-refractivity contribution in [2.45, 2.75) is 51.7 Å². The van der Waals surface area contributed by atoms with Crippen molar-refractivity contribution in [3.05, 3.63) is 60.2 Å². The Labute approximate surface area is 285 Å². The lowest BCUT2D eigenvalue weighted by molar-refractivity contribution is 0.0552. The molecule has 0 aliphatic heterocycles. The number of azo groups is 2. The summed E-state index contributed by atoms with van der Waals surface area (Å²) in [5.74, 6) is 0.769. The van der Waals surface area contributed by atoms with Gasteiger partial charge in [0.25, 0.3) is 10.1 Å². The number of benzene rings is 4. The number of hydrogen-bond acceptors (Lipinski definition) is 13. The van der Waals surface area contributed by atoms with E-state index in [2.05, 4.69) is 20.5 Å². The van der Waals surface area contributed by atoms with Crippen LogP contribution in [0.4, 0.5) is 28.4 Å². The van der Waals surface area contributed by atoms with E-state index in [1.807, 2.05) is 27.7 Å². The largest absolute Gasteiger partial charge is 0.505 e. The van der Waals surface area contributed by atoms with E-state index >= 15 is 0 Å². The van der Waals surface area contributed by atoms with Gasteiger partial charge in [0.15, 0.2) is 5.75 Å². The topological polar surface area (TPSA) is 196 Å². The average Bonchev–Trinajstić information content (AvgIpc) is 3.04. The molecule has 0 aromatic heterocycles. The molecule has 0 spiro atoms. The van der Waals surface area contributed by atoms with Crippen LogP contribution in [0.3, 0.4) is 0 Å². The fourth-order valence-corrected chi connectivity index (χ4v) is 5.21. The molecule has 4 aromatic carbocycles. The number of phenols is 1. The number of nitrogen functional groups attached to an aromatic ring is 1. The van der Waals surface area contributed by atoms with Crippen LogP contribution < -0.4 is 19.9 Å². The molecule has 4 aromatic rings. The van der Waals surface area contributed by atoms with Gasteiger partial charge in [0.2, 0.25) is 0 Å². The monoisotopic (exact) mass is 695 g/mol. The van der Waals surface area contributed by atoms with Crippen molar-refractivity contribution in [3.63, 3.8) is 0 Å². The zero-order chi connectivity index (χ0) is 35.7. The lowest BCUT2D eigenvalue weighted by atomic mass is 10.1. The molecular formula is C34H41N5O9S. The average molecular weight is 696 g/mol. The molecular weight excluding hydrogens is 654 g/mol. The van der Waals surface area contributed by atoms with E-state index in [9.17, 15) is 18.1 Å². The van der Waals surface area contributed by atoms with Crippen molar-refractivity contribution in [2.75, 3.05) is 39.3 Å². The third-order valence-electron chi connectivity index (χ3n) is 6.90. The Morgan fingerprint density at radius 1 is 0.755 bits per heavy atom. The molecule has 4 N–H and O–H groups in total. The van der Waals surface area contributed by atoms with Crippen molar-refractivity contribution in [2.24, 2.45) is 20.5 Å². The maximum Gasteiger partial charge on any atom is 0.296 e. The fraction of sp³-hybridized carbons (Fsp3) is 0.353. The van der Waals surface area contributed by atoms with Crippen LogP contribution in [-0.2, 0) is 19.6 Å². The lowest BCUT2D eigenvalue weighted by Gasteiger charge is -2.13. The van der Waals surface area contributed by atoms with Crippen LogP contribution in [0.15, 0.2) is 79.9 Å². The minimum Gasteiger partial charge on any atom is -0.505 e. The highest BCUT2D eigenvalue weighted by molar-refractivity contribution is 7.86. The summed E-state index contributed by atoms with van der Waals surface area (Å²) in [6.45, 7) is 10.7. The Morgan fingerprint density at radius 3 is 2.06 bits per heavy atom. The van der Waals surface area contributed by atoms with Crippen molar-refractivity contribution >= 4 is 49.3 Å². The number of ether oxygens (including phenoxy) is 5. The van der Waals surface area contributed by atoms with E-state index in [4.69, 9.17) is 29.4 Å². The molecule has 0 saturated heterocycles. The van der Waals surface area contributed by atoms with Gasteiger partial charge in [-0.3, -0.25) is 4.55 Å². The summed E-state index contributed by atoms with van der Waals surface area (Å²) in [6.07, 6.45) is 0.0905. The molecule has 0 atom stereocenters. The van der Waals surface area contributed by atoms with Gasteiger partial charge in [-0.05, 0) is 88.0 Å². The van der Waals surface area contributed by atoms with Crippen molar-refractivity contribution in [3.8, 4) is 23.0 Å². The number of aromatic hydroxyl groups is 1. The molecule has 4 rings (SSSR count). The number of fused-ring (bicyclic) bond motifs is 1. The van der Waals surface area contributed by atoms with Gasteiger partial charge in [-0.25, -0.2) is 0 Å². The van der Waals surface area contributed by atoms with Gasteiger partial charge < -0.3 is 34.5 Å². The summed E-state index contributed by atoms with van der Waals surface area (Å²) in [5, 5.41) is 28.7. The normalized spacial score (nSPS) is 12.2. The van der Waals surface area contributed by atoms with Crippen LogP contribution in [0.2, 0.25) is 0 Å². The van der Waals surface area contributed by atoms with Gasteiger partial charge in [-0.2, -0.15) is 13.5 Å². The van der Waals surface area contributed by atoms with Gasteiger partial charge in [-0.1, -0.05) is 0 Å². The van der Waals surface area contributed by atoms with E-state index in [0.29, 0.717) is 52.7 Å². The van der Waals surface area contributed by atoms with Crippen LogP contribution in [0, 0.1) is 6.92 Å². The molecule has 0 aliphatic carbocycles. The zero-order valence-corrected chi connectivity index (χ0v) is 29.0. The second kappa shape index (κ2) is 16.5. The van der Waals surface area contributed by atoms with E-state index in [-0.39, 0.29) is 42.2 Å². The molecule has 0 heterocycles. The highest BCUT2D eigenvalue weighted by atomic mass is 32.2. The van der Waals surface area contributed by atoms with Gasteiger partial charge in [-0.15, -0.1) is 15.3 Å². The minimum atomic E-state index is -4.82. The van der Waals surface area contributed by atoms with Gasteiger partial charge in [0.1, 0.15) is 52.4 Å². The summed E-state index contributed by atoms with van der Waals surface area (Å²) in [7, 11) is -3.30. The van der Waals surface area contributed by atoms with Crippen LogP contribution in [-0.4, -0.2) is 63.8 Å². The maximum absolute atomic E-state index is 12.3. The summed E-state index contributed by atoms with van der Waals surface area (Å²) in [4.78, 5) is -0.643. The lowest BCUT2D eigenvalue weighted by Crippen LogP contribution is -2.11.